The number of ether oxygens (including phenoxy) is 2. The molecule has 3 atom stereocenters. The van der Waals surface area contributed by atoms with Gasteiger partial charge in [0.25, 0.3) is 5.91 Å². The number of hydrogen-bond donors (Lipinski definition) is 3. The maximum Gasteiger partial charge on any atom is 0.252 e. The molecule has 0 bridgehead atoms. The van der Waals surface area contributed by atoms with Crippen LogP contribution in [0.3, 0.4) is 0 Å². The molecular weight excluding hydrogens is 472 g/mol. The highest BCUT2D eigenvalue weighted by Gasteiger charge is 2.69. The van der Waals surface area contributed by atoms with Gasteiger partial charge in [-0.2, -0.15) is 0 Å². The van der Waals surface area contributed by atoms with Crippen LogP contribution in [-0.4, -0.2) is 52.6 Å². The van der Waals surface area contributed by atoms with Crippen LogP contribution in [0, 0.1) is 17.3 Å². The number of hydrogen-bond acceptors (Lipinski definition) is 7. The minimum atomic E-state index is -0.975. The lowest BCUT2D eigenvalue weighted by atomic mass is 9.62. The van der Waals surface area contributed by atoms with E-state index in [0.717, 1.165) is 37.1 Å². The van der Waals surface area contributed by atoms with Gasteiger partial charge in [-0.15, -0.1) is 0 Å². The van der Waals surface area contributed by atoms with E-state index < -0.39 is 11.5 Å². The summed E-state index contributed by atoms with van der Waals surface area (Å²) in [6.45, 7) is 11.2. The Kier molecular flexibility index (Phi) is 5.13. The fraction of sp³-hybridized carbons (Fsp3) is 0.517. The van der Waals surface area contributed by atoms with Gasteiger partial charge in [-0.3, -0.25) is 14.5 Å². The van der Waals surface area contributed by atoms with Crippen LogP contribution in [0.1, 0.15) is 61.0 Å². The first kappa shape index (κ1) is 24.1. The molecule has 5 aliphatic rings. The van der Waals surface area contributed by atoms with Gasteiger partial charge in [0.2, 0.25) is 0 Å². The van der Waals surface area contributed by atoms with Crippen LogP contribution < -0.4 is 10.5 Å². The largest absolute Gasteiger partial charge is 0.511 e. The Bertz CT molecular complexity index is 1330. The first-order valence-corrected chi connectivity index (χ1v) is 13.0. The van der Waals surface area contributed by atoms with Crippen LogP contribution in [0.5, 0.6) is 11.5 Å². The molecule has 196 valence electrons. The van der Waals surface area contributed by atoms with E-state index in [1.807, 2.05) is 0 Å². The summed E-state index contributed by atoms with van der Waals surface area (Å²) in [5.41, 5.74) is 7.58. The van der Waals surface area contributed by atoms with Crippen LogP contribution in [0.15, 0.2) is 40.9 Å². The van der Waals surface area contributed by atoms with Crippen molar-refractivity contribution in [2.45, 2.75) is 58.1 Å². The third kappa shape index (κ3) is 3.38. The zero-order chi connectivity index (χ0) is 26.4. The van der Waals surface area contributed by atoms with Gasteiger partial charge in [-0.25, -0.2) is 0 Å². The molecule has 1 aromatic rings. The number of aliphatic hydroxyl groups is 1. The summed E-state index contributed by atoms with van der Waals surface area (Å²) in [7, 11) is 1.61. The van der Waals surface area contributed by atoms with E-state index in [-0.39, 0.29) is 46.7 Å². The number of aliphatic hydroxyl groups excluding tert-OH is 1. The normalized spacial score (nSPS) is 30.1. The summed E-state index contributed by atoms with van der Waals surface area (Å²) in [5.74, 6) is -0.290. The van der Waals surface area contributed by atoms with Gasteiger partial charge < -0.3 is 25.4 Å². The molecule has 3 aliphatic carbocycles. The van der Waals surface area contributed by atoms with Gasteiger partial charge in [-0.05, 0) is 56.2 Å². The average Bonchev–Trinajstić information content (AvgIpc) is 3.56. The third-order valence-corrected chi connectivity index (χ3v) is 9.24. The number of ketones is 1. The van der Waals surface area contributed by atoms with Crippen LogP contribution in [0.2, 0.25) is 0 Å². The number of benzene rings is 1. The van der Waals surface area contributed by atoms with E-state index in [0.29, 0.717) is 47.5 Å². The number of allylic oxidation sites excluding steroid dienone is 2. The van der Waals surface area contributed by atoms with Gasteiger partial charge in [0, 0.05) is 41.2 Å². The monoisotopic (exact) mass is 506 g/mol. The van der Waals surface area contributed by atoms with Crippen molar-refractivity contribution in [1.29, 1.82) is 0 Å². The number of fused-ring (bicyclic) bond motifs is 2. The van der Waals surface area contributed by atoms with Crippen molar-refractivity contribution in [2.24, 2.45) is 23.0 Å². The highest BCUT2D eigenvalue weighted by atomic mass is 16.6. The zero-order valence-electron chi connectivity index (χ0n) is 21.6. The quantitative estimate of drug-likeness (QED) is 0.532. The minimum Gasteiger partial charge on any atom is -0.511 e. The highest BCUT2D eigenvalue weighted by molar-refractivity contribution is 6.14. The first-order chi connectivity index (χ1) is 17.5. The fourth-order valence-electron chi connectivity index (χ4n) is 7.13. The number of Topliss-reactive ketones (excluding diaryl/α,β-unsaturated/α-hetero) is 1. The van der Waals surface area contributed by atoms with Gasteiger partial charge >= 0.3 is 0 Å². The Morgan fingerprint density at radius 2 is 1.97 bits per heavy atom. The smallest absolute Gasteiger partial charge is 0.252 e. The van der Waals surface area contributed by atoms with Crippen LogP contribution in [0.4, 0.5) is 0 Å². The van der Waals surface area contributed by atoms with Gasteiger partial charge in [0.1, 0.15) is 17.3 Å². The Morgan fingerprint density at radius 1 is 1.27 bits per heavy atom. The molecule has 1 spiro atoms. The highest BCUT2D eigenvalue weighted by Crippen LogP contribution is 2.66. The van der Waals surface area contributed by atoms with E-state index in [2.05, 4.69) is 25.3 Å². The molecule has 1 amide bonds. The molecule has 8 nitrogen and oxygen atoms in total. The maximum absolute atomic E-state index is 13.9. The number of piperidine rings is 1. The lowest BCUT2D eigenvalue weighted by Gasteiger charge is -2.38. The molecule has 0 aromatic heterocycles. The Balaban J connectivity index is 1.37. The molecule has 2 heterocycles. The zero-order valence-corrected chi connectivity index (χ0v) is 21.6. The van der Waals surface area contributed by atoms with Crippen LogP contribution >= 0.6 is 0 Å². The molecule has 2 aliphatic heterocycles. The van der Waals surface area contributed by atoms with E-state index >= 15 is 0 Å². The summed E-state index contributed by atoms with van der Waals surface area (Å²) in [5, 5.41) is 21.6. The summed E-state index contributed by atoms with van der Waals surface area (Å²) < 4.78 is 12.0. The predicted molar refractivity (Wildman–Crippen MR) is 136 cm³/mol. The molecule has 2 saturated heterocycles. The fourth-order valence-corrected chi connectivity index (χ4v) is 7.13. The Morgan fingerprint density at radius 3 is 2.62 bits per heavy atom. The number of methoxy groups -OCH3 is 1. The van der Waals surface area contributed by atoms with E-state index in [1.54, 1.807) is 13.2 Å². The predicted octanol–water partition coefficient (Wildman–Crippen LogP) is 3.68. The lowest BCUT2D eigenvalue weighted by Crippen LogP contribution is -2.41. The number of phenols is 1. The number of nitrogens with zero attached hydrogens (tertiary/aromatic N) is 1. The molecule has 2 fully saturated rings. The summed E-state index contributed by atoms with van der Waals surface area (Å²) in [6, 6.07) is 1.67. The van der Waals surface area contributed by atoms with E-state index in [4.69, 9.17) is 15.2 Å². The van der Waals surface area contributed by atoms with Crippen molar-refractivity contribution < 1.29 is 29.3 Å². The van der Waals surface area contributed by atoms with Gasteiger partial charge in [0.05, 0.1) is 18.2 Å². The number of nitrogens with two attached hydrogens (primary N) is 1. The third-order valence-electron chi connectivity index (χ3n) is 9.24. The Hall–Kier alpha value is -3.26. The number of carbonyl (C=O) groups excluding carboxylic acids is 2. The molecule has 1 aromatic carbocycles. The number of carbonyl (C=O) groups is 2. The van der Waals surface area contributed by atoms with Crippen LogP contribution in [-0.2, 0) is 22.5 Å². The number of rotatable bonds is 4. The molecule has 0 saturated carbocycles. The Labute approximate surface area is 216 Å². The number of likely N-dealkylation sites (tertiary alicyclic amines) is 1. The van der Waals surface area contributed by atoms with E-state index in [1.165, 1.54) is 0 Å². The summed E-state index contributed by atoms with van der Waals surface area (Å²) >= 11 is 0. The topological polar surface area (TPSA) is 126 Å². The molecular formula is C29H34N2O6. The minimum absolute atomic E-state index is 0.00998. The van der Waals surface area contributed by atoms with Crippen molar-refractivity contribution in [1.82, 2.24) is 4.90 Å². The standard InChI is InChI=1S/C29H34N2O6/c1-14-21(27(30)35)20(33)12-17-9-15-10-18-23(24(34)22(15)26-29(14,17)37-26)19(32)11-16(25(18)36-4)13-31-7-5-28(2,3)6-8-31/h11,15,17,32-33H,1,5-10,12-13H2,2-4H3,(H2,30,35)/t15?,17-,29-/m0/s1. The lowest BCUT2D eigenvalue weighted by molar-refractivity contribution is -0.114. The number of epoxide rings is 1. The first-order valence-electron chi connectivity index (χ1n) is 13.0. The molecule has 4 N–H and O–H groups in total. The average molecular weight is 507 g/mol. The summed E-state index contributed by atoms with van der Waals surface area (Å²) in [6.07, 6.45) is 3.55. The molecule has 0 radical (unpaired) electrons. The molecule has 6 rings (SSSR count). The van der Waals surface area contributed by atoms with Gasteiger partial charge in [0.15, 0.2) is 17.1 Å². The van der Waals surface area contributed by atoms with Crippen molar-refractivity contribution in [2.75, 3.05) is 20.2 Å². The molecule has 1 unspecified atom stereocenters. The van der Waals surface area contributed by atoms with Crippen molar-refractivity contribution in [3.05, 3.63) is 57.6 Å². The van der Waals surface area contributed by atoms with E-state index in [9.17, 15) is 19.8 Å². The molecule has 8 heteroatoms. The SMILES string of the molecule is C=C1C(C(N)=O)=C(O)C[C@@H]2CC3Cc4c(OC)c(CN5CCC(C)(C)CC5)cc(O)c4C(=O)C3=C3O[C@]132. The number of phenolic OH excluding ortho intramolecular Hbond substituents is 1. The second-order valence-electron chi connectivity index (χ2n) is 12.0. The summed E-state index contributed by atoms with van der Waals surface area (Å²) in [4.78, 5) is 28.2. The van der Waals surface area contributed by atoms with Gasteiger partial charge in [-0.1, -0.05) is 20.4 Å². The maximum atomic E-state index is 13.9. The van der Waals surface area contributed by atoms with Crippen molar-refractivity contribution in [3.63, 3.8) is 0 Å². The van der Waals surface area contributed by atoms with Crippen LogP contribution in [0.25, 0.3) is 0 Å². The van der Waals surface area contributed by atoms with Crippen molar-refractivity contribution >= 4 is 11.7 Å². The second kappa shape index (κ2) is 7.87. The molecule has 37 heavy (non-hydrogen) atoms. The second-order valence-corrected chi connectivity index (χ2v) is 12.0. The number of aromatic hydroxyl groups is 1. The van der Waals surface area contributed by atoms with Crippen molar-refractivity contribution in [3.8, 4) is 11.5 Å². The number of amides is 1. The number of primary amides is 1.